The van der Waals surface area contributed by atoms with Crippen LogP contribution in [0.25, 0.3) is 0 Å². The highest BCUT2D eigenvalue weighted by atomic mass is 16.7. The fourth-order valence-electron chi connectivity index (χ4n) is 2.81. The van der Waals surface area contributed by atoms with Crippen molar-refractivity contribution in [1.29, 1.82) is 0 Å². The largest absolute Gasteiger partial charge is 0.461 e. The molecule has 0 spiro atoms. The van der Waals surface area contributed by atoms with E-state index in [1.165, 1.54) is 5.57 Å². The zero-order valence-electron chi connectivity index (χ0n) is 13.4. The zero-order valence-corrected chi connectivity index (χ0v) is 13.4. The molecule has 0 fully saturated rings. The molecule has 1 heterocycles. The molecule has 4 heteroatoms. The second kappa shape index (κ2) is 7.47. The Labute approximate surface area is 136 Å². The molecule has 0 aromatic heterocycles. The van der Waals surface area contributed by atoms with Gasteiger partial charge >= 0.3 is 5.97 Å². The minimum atomic E-state index is -1.03. The third-order valence-corrected chi connectivity index (χ3v) is 4.06. The summed E-state index contributed by atoms with van der Waals surface area (Å²) in [6.45, 7) is 2.44. The molecule has 0 N–H and O–H groups in total. The Bertz CT molecular complexity index is 607. The molecule has 2 unspecified atom stereocenters. The molecular weight excluding hydrogens is 292 g/mol. The predicted molar refractivity (Wildman–Crippen MR) is 87.4 cm³/mol. The van der Waals surface area contributed by atoms with Gasteiger partial charge in [0.1, 0.15) is 6.10 Å². The monoisotopic (exact) mass is 314 g/mol. The van der Waals surface area contributed by atoms with Gasteiger partial charge in [0.25, 0.3) is 6.29 Å². The summed E-state index contributed by atoms with van der Waals surface area (Å²) in [5.41, 5.74) is 3.32. The number of fused-ring (bicyclic) bond motifs is 2. The molecule has 0 aromatic rings. The summed E-state index contributed by atoms with van der Waals surface area (Å²) >= 11 is 0. The number of carbonyl (C=O) groups is 1. The van der Waals surface area contributed by atoms with Gasteiger partial charge in [-0.3, -0.25) is 0 Å². The van der Waals surface area contributed by atoms with E-state index >= 15 is 0 Å². The summed E-state index contributed by atoms with van der Waals surface area (Å²) in [7, 11) is 0. The molecule has 0 bridgehead atoms. The maximum Gasteiger partial charge on any atom is 0.376 e. The Kier molecular flexibility index (Phi) is 5.13. The van der Waals surface area contributed by atoms with Crippen LogP contribution in [0.4, 0.5) is 0 Å². The summed E-state index contributed by atoms with van der Waals surface area (Å²) in [6.07, 6.45) is 16.1. The molecule has 3 rings (SSSR count). The smallest absolute Gasteiger partial charge is 0.376 e. The van der Waals surface area contributed by atoms with E-state index < -0.39 is 12.3 Å². The first kappa shape index (κ1) is 15.8. The summed E-state index contributed by atoms with van der Waals surface area (Å²) in [5.74, 6) is -0.471. The van der Waals surface area contributed by atoms with Gasteiger partial charge in [-0.1, -0.05) is 49.8 Å². The molecule has 23 heavy (non-hydrogen) atoms. The van der Waals surface area contributed by atoms with Crippen LogP contribution in [0.1, 0.15) is 32.6 Å². The first-order chi connectivity index (χ1) is 11.3. The number of unbranched alkanes of at least 4 members (excludes halogenated alkanes) is 1. The van der Waals surface area contributed by atoms with Crippen molar-refractivity contribution >= 4 is 5.97 Å². The highest BCUT2D eigenvalue weighted by Gasteiger charge is 2.30. The quantitative estimate of drug-likeness (QED) is 0.586. The fourth-order valence-corrected chi connectivity index (χ4v) is 2.81. The van der Waals surface area contributed by atoms with E-state index in [2.05, 4.69) is 12.2 Å². The summed E-state index contributed by atoms with van der Waals surface area (Å²) < 4.78 is 16.7. The Morgan fingerprint density at radius 3 is 3.13 bits per heavy atom. The van der Waals surface area contributed by atoms with Crippen LogP contribution < -0.4 is 0 Å². The predicted octanol–water partition coefficient (Wildman–Crippen LogP) is 3.73. The highest BCUT2D eigenvalue weighted by molar-refractivity contribution is 5.73. The minimum Gasteiger partial charge on any atom is -0.461 e. The third-order valence-electron chi connectivity index (χ3n) is 4.06. The van der Waals surface area contributed by atoms with Crippen LogP contribution in [-0.4, -0.2) is 25.0 Å². The maximum atomic E-state index is 12.2. The third kappa shape index (κ3) is 3.64. The second-order valence-electron chi connectivity index (χ2n) is 5.74. The molecule has 3 aliphatic rings. The Morgan fingerprint density at radius 1 is 1.35 bits per heavy atom. The average molecular weight is 314 g/mol. The van der Waals surface area contributed by atoms with Crippen LogP contribution in [0.5, 0.6) is 0 Å². The first-order valence-corrected chi connectivity index (χ1v) is 8.22. The van der Waals surface area contributed by atoms with Gasteiger partial charge in [0.15, 0.2) is 0 Å². The minimum absolute atomic E-state index is 0.283. The lowest BCUT2D eigenvalue weighted by atomic mass is 9.87. The molecule has 2 aliphatic carbocycles. The van der Waals surface area contributed by atoms with E-state index in [1.807, 2.05) is 31.2 Å². The van der Waals surface area contributed by atoms with Crippen LogP contribution in [-0.2, 0) is 19.0 Å². The van der Waals surface area contributed by atoms with E-state index in [-0.39, 0.29) is 6.10 Å². The van der Waals surface area contributed by atoms with Crippen LogP contribution in [0, 0.1) is 0 Å². The van der Waals surface area contributed by atoms with Gasteiger partial charge in [-0.15, -0.1) is 0 Å². The zero-order chi connectivity index (χ0) is 16.1. The highest BCUT2D eigenvalue weighted by Crippen LogP contribution is 2.33. The molecule has 122 valence electrons. The number of rotatable bonds is 4. The van der Waals surface area contributed by atoms with E-state index in [9.17, 15) is 4.79 Å². The van der Waals surface area contributed by atoms with Crippen LogP contribution >= 0.6 is 0 Å². The van der Waals surface area contributed by atoms with Gasteiger partial charge in [0, 0.05) is 5.57 Å². The number of hydrogen-bond donors (Lipinski definition) is 0. The molecule has 0 aromatic carbocycles. The number of carbonyl (C=O) groups excluding carboxylic acids is 1. The second-order valence-corrected chi connectivity index (χ2v) is 5.74. The van der Waals surface area contributed by atoms with Crippen molar-refractivity contribution in [2.24, 2.45) is 0 Å². The van der Waals surface area contributed by atoms with Crippen molar-refractivity contribution in [2.75, 3.05) is 6.61 Å². The Hall–Kier alpha value is -2.07. The normalized spacial score (nSPS) is 28.8. The molecule has 0 radical (unpaired) electrons. The lowest BCUT2D eigenvalue weighted by molar-refractivity contribution is -0.188. The van der Waals surface area contributed by atoms with Gasteiger partial charge in [-0.05, 0) is 30.4 Å². The number of esters is 1. The van der Waals surface area contributed by atoms with E-state index in [0.29, 0.717) is 6.61 Å². The summed E-state index contributed by atoms with van der Waals surface area (Å²) in [4.78, 5) is 12.2. The van der Waals surface area contributed by atoms with Gasteiger partial charge in [-0.2, -0.15) is 0 Å². The molecular formula is C19H22O4. The standard InChI is InChI=1S/C19H22O4/c1-2-3-12-21-18(20)19-22-13-14-8-4-5-9-15(14)16-10-6-7-11-17(16)23-19/h4,6-8,10-11,13,17,19H,2-3,5,9,12H2,1H3/b14-13?,16-15-. The van der Waals surface area contributed by atoms with Crippen molar-refractivity contribution in [3.63, 3.8) is 0 Å². The van der Waals surface area contributed by atoms with Gasteiger partial charge in [-0.25, -0.2) is 4.79 Å². The SMILES string of the molecule is CCCCOC(=O)C1OC=C2C=CCC/C2=C2\C=CC=CC2O1. The van der Waals surface area contributed by atoms with Gasteiger partial charge in [0.2, 0.25) is 0 Å². The van der Waals surface area contributed by atoms with E-state index in [0.717, 1.165) is 36.8 Å². The molecule has 2 atom stereocenters. The molecule has 0 amide bonds. The summed E-state index contributed by atoms with van der Waals surface area (Å²) in [6, 6.07) is 0. The van der Waals surface area contributed by atoms with Gasteiger partial charge < -0.3 is 14.2 Å². The average Bonchev–Trinajstić information content (AvgIpc) is 2.57. The van der Waals surface area contributed by atoms with E-state index in [4.69, 9.17) is 14.2 Å². The van der Waals surface area contributed by atoms with Crippen molar-refractivity contribution in [2.45, 2.75) is 45.0 Å². The molecule has 0 saturated carbocycles. The van der Waals surface area contributed by atoms with Crippen LogP contribution in [0.2, 0.25) is 0 Å². The number of hydrogen-bond acceptors (Lipinski definition) is 4. The summed E-state index contributed by atoms with van der Waals surface area (Å²) in [5, 5.41) is 0. The van der Waals surface area contributed by atoms with E-state index in [1.54, 1.807) is 6.26 Å². The van der Waals surface area contributed by atoms with Crippen molar-refractivity contribution < 1.29 is 19.0 Å². The number of allylic oxidation sites excluding steroid dienone is 6. The van der Waals surface area contributed by atoms with Gasteiger partial charge in [0.05, 0.1) is 12.9 Å². The van der Waals surface area contributed by atoms with Crippen molar-refractivity contribution in [1.82, 2.24) is 0 Å². The molecule has 4 nitrogen and oxygen atoms in total. The van der Waals surface area contributed by atoms with Crippen LogP contribution in [0.3, 0.4) is 0 Å². The molecule has 0 saturated heterocycles. The maximum absolute atomic E-state index is 12.2. The first-order valence-electron chi connectivity index (χ1n) is 8.22. The lowest BCUT2D eigenvalue weighted by Crippen LogP contribution is -2.34. The number of ether oxygens (including phenoxy) is 3. The van der Waals surface area contributed by atoms with Crippen LogP contribution in [0.15, 0.2) is 59.4 Å². The fraction of sp³-hybridized carbons (Fsp3) is 0.421. The topological polar surface area (TPSA) is 44.8 Å². The lowest BCUT2D eigenvalue weighted by Gasteiger charge is -2.29. The molecule has 1 aliphatic heterocycles. The Morgan fingerprint density at radius 2 is 2.26 bits per heavy atom. The van der Waals surface area contributed by atoms with Crippen molar-refractivity contribution in [3.8, 4) is 0 Å². The van der Waals surface area contributed by atoms with Crippen molar-refractivity contribution in [3.05, 3.63) is 59.4 Å². The Balaban J connectivity index is 1.83.